The van der Waals surface area contributed by atoms with Gasteiger partial charge in [0.15, 0.2) is 0 Å². The number of ether oxygens (including phenoxy) is 1. The van der Waals surface area contributed by atoms with Gasteiger partial charge in [0.2, 0.25) is 0 Å². The van der Waals surface area contributed by atoms with Gasteiger partial charge in [-0.2, -0.15) is 0 Å². The van der Waals surface area contributed by atoms with E-state index in [4.69, 9.17) is 11.1 Å². The van der Waals surface area contributed by atoms with Crippen LogP contribution >= 0.6 is 0 Å². The molecule has 0 fully saturated rings. The lowest BCUT2D eigenvalue weighted by Crippen LogP contribution is -2.54. The predicted octanol–water partition coefficient (Wildman–Crippen LogP) is 0.837. The summed E-state index contributed by atoms with van der Waals surface area (Å²) in [4.78, 5) is 11.0. The number of alkyl carbamates (subject to hydrolysis) is 1. The Labute approximate surface area is 78.1 Å². The molecule has 76 valence electrons. The summed E-state index contributed by atoms with van der Waals surface area (Å²) >= 11 is 0. The molecule has 0 aromatic heterocycles. The van der Waals surface area contributed by atoms with Gasteiger partial charge in [-0.1, -0.05) is 6.92 Å². The number of hydrogen-bond donors (Lipinski definition) is 3. The molecule has 0 saturated carbocycles. The lowest BCUT2D eigenvalue weighted by molar-refractivity contribution is 0.145. The lowest BCUT2D eigenvalue weighted by atomic mass is 9.98. The zero-order valence-corrected chi connectivity index (χ0v) is 8.31. The Hall–Kier alpha value is -1.26. The molecule has 0 aromatic rings. The van der Waals surface area contributed by atoms with E-state index in [2.05, 4.69) is 10.1 Å². The van der Waals surface area contributed by atoms with Gasteiger partial charge in [-0.3, -0.25) is 5.41 Å². The second-order valence-corrected chi connectivity index (χ2v) is 2.94. The van der Waals surface area contributed by atoms with Crippen molar-refractivity contribution in [2.45, 2.75) is 32.7 Å². The van der Waals surface area contributed by atoms with Crippen molar-refractivity contribution in [3.8, 4) is 0 Å². The average molecular weight is 187 g/mol. The second-order valence-electron chi connectivity index (χ2n) is 2.94. The first-order valence-corrected chi connectivity index (χ1v) is 4.25. The van der Waals surface area contributed by atoms with Crippen molar-refractivity contribution in [1.82, 2.24) is 5.32 Å². The van der Waals surface area contributed by atoms with Gasteiger partial charge in [0, 0.05) is 0 Å². The summed E-state index contributed by atoms with van der Waals surface area (Å²) in [6.45, 7) is 5.56. The van der Waals surface area contributed by atoms with Crippen LogP contribution in [0.2, 0.25) is 0 Å². The summed E-state index contributed by atoms with van der Waals surface area (Å²) in [5.41, 5.74) is 4.54. The Morgan fingerprint density at radius 3 is 2.46 bits per heavy atom. The number of carbonyl (C=O) groups is 1. The predicted molar refractivity (Wildman–Crippen MR) is 50.8 cm³/mol. The second kappa shape index (κ2) is 4.69. The number of nitrogens with one attached hydrogen (secondary N) is 2. The maximum absolute atomic E-state index is 11.0. The van der Waals surface area contributed by atoms with E-state index in [1.54, 1.807) is 13.8 Å². The molecule has 5 heteroatoms. The molecular formula is C8H17N3O2. The molecule has 0 aromatic carbocycles. The van der Waals surface area contributed by atoms with E-state index >= 15 is 0 Å². The quantitative estimate of drug-likeness (QED) is 0.450. The molecule has 0 heterocycles. The molecule has 0 rings (SSSR count). The third kappa shape index (κ3) is 3.31. The molecule has 0 aliphatic heterocycles. The Bertz CT molecular complexity index is 206. The molecule has 0 bridgehead atoms. The number of hydrogen-bond acceptors (Lipinski definition) is 3. The molecule has 1 amide bonds. The van der Waals surface area contributed by atoms with Gasteiger partial charge in [0.1, 0.15) is 5.84 Å². The fourth-order valence-electron chi connectivity index (χ4n) is 0.739. The van der Waals surface area contributed by atoms with Crippen molar-refractivity contribution in [2.24, 2.45) is 5.73 Å². The van der Waals surface area contributed by atoms with Gasteiger partial charge in [-0.05, 0) is 20.3 Å². The molecular weight excluding hydrogens is 170 g/mol. The van der Waals surface area contributed by atoms with E-state index in [1.165, 1.54) is 0 Å². The van der Waals surface area contributed by atoms with E-state index in [0.717, 1.165) is 0 Å². The van der Waals surface area contributed by atoms with Crippen LogP contribution in [0.25, 0.3) is 0 Å². The number of rotatable bonds is 4. The van der Waals surface area contributed by atoms with Crippen molar-refractivity contribution in [1.29, 1.82) is 5.41 Å². The standard InChI is InChI=1S/C8H17N3O2/c1-4-8(3,6(9)10)11-7(12)13-5-2/h4-5H2,1-3H3,(H3,9,10)(H,11,12). The number of amides is 1. The van der Waals surface area contributed by atoms with E-state index in [-0.39, 0.29) is 5.84 Å². The normalized spacial score (nSPS) is 14.4. The number of amidine groups is 1. The maximum Gasteiger partial charge on any atom is 0.407 e. The van der Waals surface area contributed by atoms with Crippen molar-refractivity contribution >= 4 is 11.9 Å². The summed E-state index contributed by atoms with van der Waals surface area (Å²) in [6, 6.07) is 0. The van der Waals surface area contributed by atoms with Crippen LogP contribution in [0.3, 0.4) is 0 Å². The van der Waals surface area contributed by atoms with Gasteiger partial charge < -0.3 is 15.8 Å². The van der Waals surface area contributed by atoms with Crippen LogP contribution < -0.4 is 11.1 Å². The largest absolute Gasteiger partial charge is 0.450 e. The highest BCUT2D eigenvalue weighted by molar-refractivity contribution is 5.90. The Morgan fingerprint density at radius 2 is 2.15 bits per heavy atom. The Morgan fingerprint density at radius 1 is 1.62 bits per heavy atom. The molecule has 5 nitrogen and oxygen atoms in total. The van der Waals surface area contributed by atoms with Crippen molar-refractivity contribution in [3.63, 3.8) is 0 Å². The van der Waals surface area contributed by atoms with Gasteiger partial charge in [0.05, 0.1) is 12.1 Å². The van der Waals surface area contributed by atoms with Crippen molar-refractivity contribution in [3.05, 3.63) is 0 Å². The zero-order chi connectivity index (χ0) is 10.5. The fraction of sp³-hybridized carbons (Fsp3) is 0.750. The summed E-state index contributed by atoms with van der Waals surface area (Å²) in [5, 5.41) is 9.81. The molecule has 0 radical (unpaired) electrons. The number of carbonyl (C=O) groups excluding carboxylic acids is 1. The minimum atomic E-state index is -0.799. The summed E-state index contributed by atoms with van der Waals surface area (Å²) < 4.78 is 4.69. The Kier molecular flexibility index (Phi) is 4.23. The summed E-state index contributed by atoms with van der Waals surface area (Å²) in [5.74, 6) is -0.0666. The highest BCUT2D eigenvalue weighted by atomic mass is 16.5. The number of nitrogens with two attached hydrogens (primary N) is 1. The highest BCUT2D eigenvalue weighted by Gasteiger charge is 2.28. The highest BCUT2D eigenvalue weighted by Crippen LogP contribution is 2.08. The van der Waals surface area contributed by atoms with Crippen LogP contribution in [-0.2, 0) is 4.74 Å². The van der Waals surface area contributed by atoms with Crippen LogP contribution in [0.1, 0.15) is 27.2 Å². The molecule has 0 aliphatic rings. The van der Waals surface area contributed by atoms with Gasteiger partial charge >= 0.3 is 6.09 Å². The smallest absolute Gasteiger partial charge is 0.407 e. The molecule has 0 spiro atoms. The molecule has 1 unspecified atom stereocenters. The maximum atomic E-state index is 11.0. The van der Waals surface area contributed by atoms with Crippen LogP contribution in [0.4, 0.5) is 4.79 Å². The molecule has 0 saturated heterocycles. The van der Waals surface area contributed by atoms with E-state index in [0.29, 0.717) is 13.0 Å². The van der Waals surface area contributed by atoms with Crippen LogP contribution in [0.15, 0.2) is 0 Å². The SMILES string of the molecule is CCOC(=O)NC(C)(CC)C(=N)N. The zero-order valence-electron chi connectivity index (χ0n) is 8.31. The fourth-order valence-corrected chi connectivity index (χ4v) is 0.739. The van der Waals surface area contributed by atoms with E-state index in [1.807, 2.05) is 6.92 Å². The Balaban J connectivity index is 4.27. The first-order valence-electron chi connectivity index (χ1n) is 4.25. The summed E-state index contributed by atoms with van der Waals surface area (Å²) in [6.07, 6.45) is 0.0169. The lowest BCUT2D eigenvalue weighted by Gasteiger charge is -2.27. The van der Waals surface area contributed by atoms with E-state index in [9.17, 15) is 4.79 Å². The van der Waals surface area contributed by atoms with Gasteiger partial charge in [-0.25, -0.2) is 4.79 Å². The van der Waals surface area contributed by atoms with Crippen molar-refractivity contribution < 1.29 is 9.53 Å². The van der Waals surface area contributed by atoms with Crippen molar-refractivity contribution in [2.75, 3.05) is 6.61 Å². The average Bonchev–Trinajstić information content (AvgIpc) is 2.04. The molecule has 4 N–H and O–H groups in total. The van der Waals surface area contributed by atoms with Gasteiger partial charge in [0.25, 0.3) is 0 Å². The first-order chi connectivity index (χ1) is 5.96. The molecule has 13 heavy (non-hydrogen) atoms. The van der Waals surface area contributed by atoms with Crippen LogP contribution in [0.5, 0.6) is 0 Å². The van der Waals surface area contributed by atoms with Crippen LogP contribution in [-0.4, -0.2) is 24.1 Å². The van der Waals surface area contributed by atoms with E-state index < -0.39 is 11.6 Å². The minimum absolute atomic E-state index is 0.0666. The molecule has 1 atom stereocenters. The van der Waals surface area contributed by atoms with Gasteiger partial charge in [-0.15, -0.1) is 0 Å². The first kappa shape index (κ1) is 11.7. The third-order valence-electron chi connectivity index (χ3n) is 1.95. The third-order valence-corrected chi connectivity index (χ3v) is 1.95. The summed E-state index contributed by atoms with van der Waals surface area (Å²) in [7, 11) is 0. The molecule has 0 aliphatic carbocycles. The topological polar surface area (TPSA) is 88.2 Å². The van der Waals surface area contributed by atoms with Crippen LogP contribution in [0, 0.1) is 5.41 Å². The minimum Gasteiger partial charge on any atom is -0.450 e. The monoisotopic (exact) mass is 187 g/mol.